The molecule has 1 aliphatic heterocycles. The van der Waals surface area contributed by atoms with Crippen LogP contribution in [0.1, 0.15) is 17.5 Å². The van der Waals surface area contributed by atoms with Gasteiger partial charge in [0.05, 0.1) is 18.6 Å². The minimum atomic E-state index is -4.74. The maximum absolute atomic E-state index is 13.2. The zero-order chi connectivity index (χ0) is 21.2. The maximum Gasteiger partial charge on any atom is 0.416 e. The maximum atomic E-state index is 13.2. The van der Waals surface area contributed by atoms with E-state index in [1.807, 2.05) is 0 Å². The van der Waals surface area contributed by atoms with Gasteiger partial charge in [-0.15, -0.1) is 0 Å². The predicted molar refractivity (Wildman–Crippen MR) is 96.7 cm³/mol. The van der Waals surface area contributed by atoms with Gasteiger partial charge in [0.2, 0.25) is 11.8 Å². The molecule has 2 aromatic rings. The van der Waals surface area contributed by atoms with Crippen LogP contribution in [-0.2, 0) is 22.3 Å². The van der Waals surface area contributed by atoms with Crippen LogP contribution < -0.4 is 15.0 Å². The summed E-state index contributed by atoms with van der Waals surface area (Å²) in [7, 11) is 1.52. The highest BCUT2D eigenvalue weighted by Gasteiger charge is 2.36. The van der Waals surface area contributed by atoms with Gasteiger partial charge in [0.1, 0.15) is 11.6 Å². The normalized spacial score (nSPS) is 16.8. The van der Waals surface area contributed by atoms with Gasteiger partial charge in [0.25, 0.3) is 0 Å². The molecule has 1 aliphatic rings. The molecule has 1 fully saturated rings. The molecule has 1 atom stereocenters. The van der Waals surface area contributed by atoms with Crippen molar-refractivity contribution in [2.24, 2.45) is 5.92 Å². The van der Waals surface area contributed by atoms with Crippen LogP contribution >= 0.6 is 0 Å². The van der Waals surface area contributed by atoms with E-state index in [-0.39, 0.29) is 24.4 Å². The predicted octanol–water partition coefficient (Wildman–Crippen LogP) is 3.52. The lowest BCUT2D eigenvalue weighted by molar-refractivity contribution is -0.138. The molecular formula is C20H18F4N2O3. The van der Waals surface area contributed by atoms with E-state index in [1.165, 1.54) is 12.0 Å². The summed E-state index contributed by atoms with van der Waals surface area (Å²) in [6, 6.07) is 9.03. The molecule has 1 N–H and O–H groups in total. The second-order valence-electron chi connectivity index (χ2n) is 6.62. The highest BCUT2D eigenvalue weighted by molar-refractivity contribution is 6.00. The summed E-state index contributed by atoms with van der Waals surface area (Å²) in [5.74, 6) is -1.88. The Balaban J connectivity index is 1.66. The third-order valence-electron chi connectivity index (χ3n) is 4.71. The number of amides is 2. The third kappa shape index (κ3) is 4.67. The fraction of sp³-hybridized carbons (Fsp3) is 0.300. The van der Waals surface area contributed by atoms with Crippen LogP contribution in [0.3, 0.4) is 0 Å². The Hall–Kier alpha value is -3.10. The fourth-order valence-electron chi connectivity index (χ4n) is 3.19. The number of methoxy groups -OCH3 is 1. The topological polar surface area (TPSA) is 58.6 Å². The van der Waals surface area contributed by atoms with Crippen molar-refractivity contribution in [2.75, 3.05) is 18.6 Å². The van der Waals surface area contributed by atoms with Gasteiger partial charge in [0, 0.05) is 25.2 Å². The molecule has 2 aromatic carbocycles. The van der Waals surface area contributed by atoms with Crippen molar-refractivity contribution in [1.29, 1.82) is 0 Å². The van der Waals surface area contributed by atoms with E-state index in [1.54, 1.807) is 24.3 Å². The molecule has 3 rings (SSSR count). The quantitative estimate of drug-likeness (QED) is 0.768. The highest BCUT2D eigenvalue weighted by atomic mass is 19.4. The van der Waals surface area contributed by atoms with Crippen LogP contribution in [0.4, 0.5) is 23.2 Å². The first-order valence-corrected chi connectivity index (χ1v) is 8.77. The standard InChI is InChI=1S/C20H18F4N2O3/c1-29-16-6-4-15(5-7-16)26-11-13(8-18(26)27)19(28)25-10-12-2-3-14(21)9-17(12)20(22,23)24/h2-7,9,13H,8,10-11H2,1H3,(H,25,28). The van der Waals surface area contributed by atoms with Gasteiger partial charge in [-0.05, 0) is 42.0 Å². The summed E-state index contributed by atoms with van der Waals surface area (Å²) in [5, 5.41) is 2.42. The number of benzene rings is 2. The Kier molecular flexibility index (Phi) is 5.76. The monoisotopic (exact) mass is 410 g/mol. The average molecular weight is 410 g/mol. The number of halogens is 4. The Morgan fingerprint density at radius 2 is 1.90 bits per heavy atom. The van der Waals surface area contributed by atoms with Gasteiger partial charge in [0.15, 0.2) is 0 Å². The first-order valence-electron chi connectivity index (χ1n) is 8.77. The molecule has 9 heteroatoms. The van der Waals surface area contributed by atoms with E-state index in [0.717, 1.165) is 12.1 Å². The minimum Gasteiger partial charge on any atom is -0.497 e. The van der Waals surface area contributed by atoms with E-state index >= 15 is 0 Å². The van der Waals surface area contributed by atoms with Crippen LogP contribution in [0.25, 0.3) is 0 Å². The fourth-order valence-corrected chi connectivity index (χ4v) is 3.19. The molecule has 154 valence electrons. The van der Waals surface area contributed by atoms with Crippen molar-refractivity contribution in [1.82, 2.24) is 5.32 Å². The summed E-state index contributed by atoms with van der Waals surface area (Å²) in [5.41, 5.74) is -0.785. The molecule has 0 radical (unpaired) electrons. The van der Waals surface area contributed by atoms with Crippen molar-refractivity contribution < 1.29 is 31.9 Å². The molecule has 2 amide bonds. The number of nitrogens with one attached hydrogen (secondary N) is 1. The van der Waals surface area contributed by atoms with Gasteiger partial charge in [-0.25, -0.2) is 4.39 Å². The number of nitrogens with zero attached hydrogens (tertiary/aromatic N) is 1. The molecule has 0 bridgehead atoms. The van der Waals surface area contributed by atoms with Crippen LogP contribution in [-0.4, -0.2) is 25.5 Å². The number of carbonyl (C=O) groups excluding carboxylic acids is 2. The molecular weight excluding hydrogens is 392 g/mol. The number of hydrogen-bond donors (Lipinski definition) is 1. The van der Waals surface area contributed by atoms with Gasteiger partial charge in [-0.2, -0.15) is 13.2 Å². The Morgan fingerprint density at radius 1 is 1.21 bits per heavy atom. The summed E-state index contributed by atoms with van der Waals surface area (Å²) >= 11 is 0. The second-order valence-corrected chi connectivity index (χ2v) is 6.62. The highest BCUT2D eigenvalue weighted by Crippen LogP contribution is 2.33. The molecule has 1 unspecified atom stereocenters. The van der Waals surface area contributed by atoms with E-state index in [0.29, 0.717) is 17.5 Å². The largest absolute Gasteiger partial charge is 0.497 e. The summed E-state index contributed by atoms with van der Waals surface area (Å²) in [6.07, 6.45) is -4.79. The molecule has 1 saturated heterocycles. The lowest BCUT2D eigenvalue weighted by Crippen LogP contribution is -2.33. The van der Waals surface area contributed by atoms with Crippen LogP contribution in [0.15, 0.2) is 42.5 Å². The van der Waals surface area contributed by atoms with Gasteiger partial charge in [-0.1, -0.05) is 6.07 Å². The average Bonchev–Trinajstić information content (AvgIpc) is 3.08. The zero-order valence-corrected chi connectivity index (χ0v) is 15.4. The second kappa shape index (κ2) is 8.10. The first-order chi connectivity index (χ1) is 13.7. The number of alkyl halides is 3. The molecule has 5 nitrogen and oxygen atoms in total. The molecule has 0 saturated carbocycles. The minimum absolute atomic E-state index is 0.0482. The van der Waals surface area contributed by atoms with Crippen LogP contribution in [0.5, 0.6) is 5.75 Å². The molecule has 0 aliphatic carbocycles. The van der Waals surface area contributed by atoms with Crippen LogP contribution in [0.2, 0.25) is 0 Å². The lowest BCUT2D eigenvalue weighted by atomic mass is 10.1. The van der Waals surface area contributed by atoms with Gasteiger partial charge >= 0.3 is 6.18 Å². The van der Waals surface area contributed by atoms with Gasteiger partial charge < -0.3 is 15.0 Å². The Bertz CT molecular complexity index is 913. The molecule has 0 aromatic heterocycles. The number of ether oxygens (including phenoxy) is 1. The number of anilines is 1. The summed E-state index contributed by atoms with van der Waals surface area (Å²) in [6.45, 7) is -0.298. The Labute approximate surface area is 164 Å². The SMILES string of the molecule is COc1ccc(N2CC(C(=O)NCc3ccc(F)cc3C(F)(F)F)CC2=O)cc1. The third-order valence-corrected chi connectivity index (χ3v) is 4.71. The van der Waals surface area contributed by atoms with Crippen LogP contribution in [0, 0.1) is 11.7 Å². The number of rotatable bonds is 5. The molecule has 0 spiro atoms. The van der Waals surface area contributed by atoms with Crippen molar-refractivity contribution >= 4 is 17.5 Å². The molecule has 29 heavy (non-hydrogen) atoms. The Morgan fingerprint density at radius 3 is 2.52 bits per heavy atom. The van der Waals surface area contributed by atoms with Crippen molar-refractivity contribution in [3.63, 3.8) is 0 Å². The first kappa shape index (κ1) is 20.6. The lowest BCUT2D eigenvalue weighted by Gasteiger charge is -2.17. The number of hydrogen-bond acceptors (Lipinski definition) is 3. The van der Waals surface area contributed by atoms with E-state index in [2.05, 4.69) is 5.32 Å². The number of carbonyl (C=O) groups is 2. The summed E-state index contributed by atoms with van der Waals surface area (Å²) < 4.78 is 57.4. The van der Waals surface area contributed by atoms with Gasteiger partial charge in [-0.3, -0.25) is 9.59 Å². The van der Waals surface area contributed by atoms with Crippen molar-refractivity contribution in [2.45, 2.75) is 19.1 Å². The van der Waals surface area contributed by atoms with E-state index in [4.69, 9.17) is 4.74 Å². The van der Waals surface area contributed by atoms with E-state index in [9.17, 15) is 27.2 Å². The van der Waals surface area contributed by atoms with E-state index < -0.39 is 35.9 Å². The van der Waals surface area contributed by atoms with Crippen molar-refractivity contribution in [3.8, 4) is 5.75 Å². The smallest absolute Gasteiger partial charge is 0.416 e. The molecule has 1 heterocycles. The zero-order valence-electron chi connectivity index (χ0n) is 15.4. The van der Waals surface area contributed by atoms with Crippen molar-refractivity contribution in [3.05, 3.63) is 59.4 Å². The summed E-state index contributed by atoms with van der Waals surface area (Å²) in [4.78, 5) is 26.1.